The average Bonchev–Trinajstić information content (AvgIpc) is 2.43. The van der Waals surface area contributed by atoms with Crippen LogP contribution in [0, 0.1) is 0 Å². The molecule has 0 spiro atoms. The van der Waals surface area contributed by atoms with Crippen LogP contribution >= 0.6 is 0 Å². The van der Waals surface area contributed by atoms with E-state index in [1.54, 1.807) is 30.3 Å². The van der Waals surface area contributed by atoms with Gasteiger partial charge in [-0.2, -0.15) is 0 Å². The summed E-state index contributed by atoms with van der Waals surface area (Å²) in [5, 5.41) is 1.53. The highest BCUT2D eigenvalue weighted by Crippen LogP contribution is 2.25. The number of fused-ring (bicyclic) bond motifs is 1. The van der Waals surface area contributed by atoms with E-state index in [1.807, 2.05) is 13.0 Å². The van der Waals surface area contributed by atoms with Gasteiger partial charge in [-0.1, -0.05) is 38.0 Å². The van der Waals surface area contributed by atoms with Crippen LogP contribution in [0.15, 0.2) is 41.3 Å². The third-order valence-corrected chi connectivity index (χ3v) is 5.15. The lowest BCUT2D eigenvalue weighted by Gasteiger charge is -2.15. The molecular formula is C16H22N2O2S. The zero-order chi connectivity index (χ0) is 15.5. The molecule has 0 saturated carbocycles. The van der Waals surface area contributed by atoms with E-state index in [1.165, 1.54) is 0 Å². The van der Waals surface area contributed by atoms with Crippen molar-refractivity contribution in [3.8, 4) is 0 Å². The first kappa shape index (κ1) is 15.8. The van der Waals surface area contributed by atoms with Gasteiger partial charge in [0.2, 0.25) is 10.0 Å². The maximum Gasteiger partial charge on any atom is 0.241 e. The Kier molecular flexibility index (Phi) is 4.85. The fourth-order valence-electron chi connectivity index (χ4n) is 2.40. The molecule has 0 radical (unpaired) electrons. The Morgan fingerprint density at radius 3 is 2.71 bits per heavy atom. The highest BCUT2D eigenvalue weighted by atomic mass is 32.2. The Morgan fingerprint density at radius 1 is 1.24 bits per heavy atom. The van der Waals surface area contributed by atoms with Crippen LogP contribution in [0.4, 0.5) is 5.69 Å². The average molecular weight is 306 g/mol. The Hall–Kier alpha value is -1.59. The highest BCUT2D eigenvalue weighted by molar-refractivity contribution is 7.89. The number of hydrogen-bond donors (Lipinski definition) is 2. The Balaban J connectivity index is 2.36. The summed E-state index contributed by atoms with van der Waals surface area (Å²) in [4.78, 5) is 0.309. The van der Waals surface area contributed by atoms with Crippen molar-refractivity contribution in [2.75, 3.05) is 5.73 Å². The molecule has 0 fully saturated rings. The summed E-state index contributed by atoms with van der Waals surface area (Å²) in [6.07, 6.45) is 2.91. The Bertz CT molecular complexity index is 726. The zero-order valence-electron chi connectivity index (χ0n) is 12.5. The van der Waals surface area contributed by atoms with E-state index in [-0.39, 0.29) is 6.04 Å². The lowest BCUT2D eigenvalue weighted by atomic mass is 10.1. The molecule has 0 heterocycles. The second kappa shape index (κ2) is 6.45. The van der Waals surface area contributed by atoms with Crippen molar-refractivity contribution >= 4 is 26.5 Å². The first-order valence-corrected chi connectivity index (χ1v) is 8.73. The molecule has 3 N–H and O–H groups in total. The van der Waals surface area contributed by atoms with Gasteiger partial charge in [0.05, 0.1) is 4.90 Å². The van der Waals surface area contributed by atoms with E-state index in [4.69, 9.17) is 5.73 Å². The van der Waals surface area contributed by atoms with Crippen molar-refractivity contribution < 1.29 is 8.42 Å². The van der Waals surface area contributed by atoms with Crippen LogP contribution in [0.3, 0.4) is 0 Å². The van der Waals surface area contributed by atoms with Crippen LogP contribution in [0.2, 0.25) is 0 Å². The van der Waals surface area contributed by atoms with Crippen LogP contribution in [0.1, 0.15) is 33.1 Å². The summed E-state index contributed by atoms with van der Waals surface area (Å²) in [5.41, 5.74) is 6.38. The molecule has 1 unspecified atom stereocenters. The number of sulfonamides is 1. The van der Waals surface area contributed by atoms with Gasteiger partial charge in [-0.3, -0.25) is 0 Å². The molecule has 2 aromatic carbocycles. The van der Waals surface area contributed by atoms with Gasteiger partial charge in [-0.25, -0.2) is 13.1 Å². The monoisotopic (exact) mass is 306 g/mol. The number of anilines is 1. The van der Waals surface area contributed by atoms with Crippen molar-refractivity contribution in [2.45, 2.75) is 44.0 Å². The number of nitrogens with one attached hydrogen (secondary N) is 1. The largest absolute Gasteiger partial charge is 0.399 e. The van der Waals surface area contributed by atoms with E-state index in [0.29, 0.717) is 16.0 Å². The van der Waals surface area contributed by atoms with Crippen LogP contribution in [-0.2, 0) is 10.0 Å². The summed E-state index contributed by atoms with van der Waals surface area (Å²) in [7, 11) is -3.52. The molecule has 0 saturated heterocycles. The minimum absolute atomic E-state index is 0.0704. The molecule has 0 aliphatic carbocycles. The minimum Gasteiger partial charge on any atom is -0.399 e. The lowest BCUT2D eigenvalue weighted by Crippen LogP contribution is -2.32. The van der Waals surface area contributed by atoms with Crippen molar-refractivity contribution in [1.82, 2.24) is 4.72 Å². The van der Waals surface area contributed by atoms with Gasteiger partial charge in [0.1, 0.15) is 0 Å². The first-order valence-electron chi connectivity index (χ1n) is 7.24. The molecule has 1 atom stereocenters. The third kappa shape index (κ3) is 3.74. The summed E-state index contributed by atoms with van der Waals surface area (Å²) in [5.74, 6) is 0. The molecule has 0 amide bonds. The Labute approximate surface area is 126 Å². The van der Waals surface area contributed by atoms with E-state index >= 15 is 0 Å². The summed E-state index contributed by atoms with van der Waals surface area (Å²) >= 11 is 0. The molecule has 5 heteroatoms. The maximum absolute atomic E-state index is 12.6. The van der Waals surface area contributed by atoms with Gasteiger partial charge < -0.3 is 5.73 Å². The molecule has 2 rings (SSSR count). The van der Waals surface area contributed by atoms with Gasteiger partial charge in [0, 0.05) is 17.1 Å². The molecule has 0 bridgehead atoms. The fourth-order valence-corrected chi connectivity index (χ4v) is 3.91. The number of hydrogen-bond acceptors (Lipinski definition) is 3. The maximum atomic E-state index is 12.6. The molecule has 2 aromatic rings. The van der Waals surface area contributed by atoms with Crippen molar-refractivity contribution in [2.24, 2.45) is 0 Å². The third-order valence-electron chi connectivity index (χ3n) is 3.50. The second-order valence-electron chi connectivity index (χ2n) is 5.40. The van der Waals surface area contributed by atoms with Crippen molar-refractivity contribution in [3.05, 3.63) is 36.4 Å². The number of rotatable bonds is 6. The molecule has 21 heavy (non-hydrogen) atoms. The molecular weight excluding hydrogens is 284 g/mol. The van der Waals surface area contributed by atoms with Crippen LogP contribution < -0.4 is 10.5 Å². The zero-order valence-corrected chi connectivity index (χ0v) is 13.3. The molecule has 4 nitrogen and oxygen atoms in total. The minimum atomic E-state index is -3.52. The molecule has 114 valence electrons. The van der Waals surface area contributed by atoms with Crippen molar-refractivity contribution in [3.63, 3.8) is 0 Å². The highest BCUT2D eigenvalue weighted by Gasteiger charge is 2.19. The van der Waals surface area contributed by atoms with Crippen LogP contribution in [0.5, 0.6) is 0 Å². The number of nitrogens with two attached hydrogens (primary N) is 1. The summed E-state index contributed by atoms with van der Waals surface area (Å²) in [6, 6.07) is 10.4. The van der Waals surface area contributed by atoms with E-state index < -0.39 is 10.0 Å². The van der Waals surface area contributed by atoms with Gasteiger partial charge in [0.15, 0.2) is 0 Å². The van der Waals surface area contributed by atoms with E-state index in [0.717, 1.165) is 24.6 Å². The van der Waals surface area contributed by atoms with E-state index in [2.05, 4.69) is 11.6 Å². The fraction of sp³-hybridized carbons (Fsp3) is 0.375. The normalized spacial score (nSPS) is 13.4. The second-order valence-corrected chi connectivity index (χ2v) is 7.08. The van der Waals surface area contributed by atoms with E-state index in [9.17, 15) is 8.42 Å². The van der Waals surface area contributed by atoms with Crippen molar-refractivity contribution in [1.29, 1.82) is 0 Å². The van der Waals surface area contributed by atoms with Gasteiger partial charge >= 0.3 is 0 Å². The predicted molar refractivity (Wildman–Crippen MR) is 87.7 cm³/mol. The standard InChI is InChI=1S/C16H22N2O2S/c1-3-4-6-12(2)18-21(19,20)16-8-5-7-13-11-14(17)9-10-15(13)16/h5,7-12,18H,3-4,6,17H2,1-2H3. The SMILES string of the molecule is CCCCC(C)NS(=O)(=O)c1cccc2cc(N)ccc12. The van der Waals surface area contributed by atoms with Gasteiger partial charge in [0.25, 0.3) is 0 Å². The summed E-state index contributed by atoms with van der Waals surface area (Å²) < 4.78 is 27.9. The first-order chi connectivity index (χ1) is 9.94. The number of benzene rings is 2. The molecule has 0 aromatic heterocycles. The predicted octanol–water partition coefficient (Wildman–Crippen LogP) is 3.28. The molecule has 0 aliphatic rings. The van der Waals surface area contributed by atoms with Gasteiger partial charge in [-0.15, -0.1) is 0 Å². The Morgan fingerprint density at radius 2 is 2.00 bits per heavy atom. The quantitative estimate of drug-likeness (QED) is 0.804. The number of unbranched alkanes of at least 4 members (excludes halogenated alkanes) is 1. The smallest absolute Gasteiger partial charge is 0.241 e. The van der Waals surface area contributed by atoms with Gasteiger partial charge in [-0.05, 0) is 36.9 Å². The molecule has 0 aliphatic heterocycles. The van der Waals surface area contributed by atoms with Crippen LogP contribution in [0.25, 0.3) is 10.8 Å². The topological polar surface area (TPSA) is 72.2 Å². The number of nitrogen functional groups attached to an aromatic ring is 1. The van der Waals surface area contributed by atoms with Crippen LogP contribution in [-0.4, -0.2) is 14.5 Å². The lowest BCUT2D eigenvalue weighted by molar-refractivity contribution is 0.535. The summed E-state index contributed by atoms with van der Waals surface area (Å²) in [6.45, 7) is 3.99.